The number of esters is 1. The molecule has 1 N–H and O–H groups in total. The molecule has 0 aliphatic carbocycles. The van der Waals surface area contributed by atoms with Gasteiger partial charge in [0.25, 0.3) is 5.91 Å². The second-order valence-corrected chi connectivity index (χ2v) is 6.51. The quantitative estimate of drug-likeness (QED) is 0.614. The second kappa shape index (κ2) is 8.29. The lowest BCUT2D eigenvalue weighted by molar-refractivity contribution is -0.137. The zero-order valence-electron chi connectivity index (χ0n) is 16.4. The van der Waals surface area contributed by atoms with Gasteiger partial charge in [0, 0.05) is 37.2 Å². The third-order valence-electron chi connectivity index (χ3n) is 4.45. The first-order chi connectivity index (χ1) is 13.9. The van der Waals surface area contributed by atoms with Crippen molar-refractivity contribution < 1.29 is 24.2 Å². The van der Waals surface area contributed by atoms with Crippen LogP contribution < -0.4 is 4.74 Å². The number of hydrogen-bond donors (Lipinski definition) is 1. The molecule has 1 aromatic heterocycles. The van der Waals surface area contributed by atoms with Crippen LogP contribution >= 0.6 is 0 Å². The van der Waals surface area contributed by atoms with E-state index in [2.05, 4.69) is 21.8 Å². The third-order valence-corrected chi connectivity index (χ3v) is 4.45. The number of carbonyl (C=O) groups excluding carboxylic acids is 2. The molecular weight excluding hydrogens is 374 g/mol. The number of likely N-dealkylation sites (tertiary alicyclic amines) is 1. The molecule has 8 heteroatoms. The number of hydrogen-bond acceptors (Lipinski definition) is 7. The Kier molecular flexibility index (Phi) is 5.80. The van der Waals surface area contributed by atoms with Gasteiger partial charge in [-0.05, 0) is 19.1 Å². The summed E-state index contributed by atoms with van der Waals surface area (Å²) in [5.74, 6) is 4.62. The molecular formula is C21H21N3O5. The van der Waals surface area contributed by atoms with E-state index in [-0.39, 0.29) is 24.7 Å². The lowest BCUT2D eigenvalue weighted by atomic mass is 10.0. The Morgan fingerprint density at radius 2 is 2.14 bits per heavy atom. The zero-order valence-corrected chi connectivity index (χ0v) is 16.4. The highest BCUT2D eigenvalue weighted by atomic mass is 16.5. The number of amides is 1. The summed E-state index contributed by atoms with van der Waals surface area (Å²) in [6, 6.07) is 8.66. The standard InChI is InChI=1S/C21H21N3O5/c1-4-29-19(25)18-22-16(13-17(23-18)28-3)15-7-5-6-14(12-15)8-9-21(27)10-11-24(2)20(21)26/h5-7,12-13,27H,4,10-11H2,1-3H3. The Balaban J connectivity index is 1.94. The molecule has 1 saturated heterocycles. The molecule has 0 radical (unpaired) electrons. The maximum absolute atomic E-state index is 12.1. The highest BCUT2D eigenvalue weighted by molar-refractivity contribution is 5.90. The summed E-state index contributed by atoms with van der Waals surface area (Å²) in [7, 11) is 3.07. The van der Waals surface area contributed by atoms with Gasteiger partial charge in [-0.1, -0.05) is 24.0 Å². The van der Waals surface area contributed by atoms with E-state index in [4.69, 9.17) is 9.47 Å². The molecule has 1 fully saturated rings. The van der Waals surface area contributed by atoms with Crippen LogP contribution in [0.1, 0.15) is 29.5 Å². The molecule has 1 unspecified atom stereocenters. The van der Waals surface area contributed by atoms with Crippen molar-refractivity contribution in [3.63, 3.8) is 0 Å². The molecule has 0 spiro atoms. The number of carbonyl (C=O) groups is 2. The van der Waals surface area contributed by atoms with Gasteiger partial charge in [0.05, 0.1) is 19.4 Å². The monoisotopic (exact) mass is 395 g/mol. The van der Waals surface area contributed by atoms with Crippen LogP contribution in [0.4, 0.5) is 0 Å². The Bertz CT molecular complexity index is 1010. The number of benzene rings is 1. The average molecular weight is 395 g/mol. The number of aliphatic hydroxyl groups is 1. The smallest absolute Gasteiger partial charge is 0.376 e. The maximum Gasteiger partial charge on any atom is 0.376 e. The van der Waals surface area contributed by atoms with Crippen LogP contribution in [0.2, 0.25) is 0 Å². The van der Waals surface area contributed by atoms with Gasteiger partial charge in [0.2, 0.25) is 17.3 Å². The lowest BCUT2D eigenvalue weighted by Gasteiger charge is -2.13. The molecule has 2 aromatic rings. The van der Waals surface area contributed by atoms with Crippen molar-refractivity contribution >= 4 is 11.9 Å². The predicted octanol–water partition coefficient (Wildman–Crippen LogP) is 1.27. The second-order valence-electron chi connectivity index (χ2n) is 6.51. The van der Waals surface area contributed by atoms with Gasteiger partial charge in [-0.2, -0.15) is 4.98 Å². The van der Waals surface area contributed by atoms with E-state index in [1.54, 1.807) is 44.3 Å². The van der Waals surface area contributed by atoms with Gasteiger partial charge in [-0.3, -0.25) is 4.79 Å². The first-order valence-electron chi connectivity index (χ1n) is 9.08. The number of aromatic nitrogens is 2. The predicted molar refractivity (Wildman–Crippen MR) is 104 cm³/mol. The summed E-state index contributed by atoms with van der Waals surface area (Å²) in [4.78, 5) is 33.8. The van der Waals surface area contributed by atoms with E-state index in [1.165, 1.54) is 12.0 Å². The molecule has 0 saturated carbocycles. The van der Waals surface area contributed by atoms with Crippen molar-refractivity contribution in [3.05, 3.63) is 41.7 Å². The van der Waals surface area contributed by atoms with Crippen molar-refractivity contribution in [1.82, 2.24) is 14.9 Å². The number of nitrogens with zero attached hydrogens (tertiary/aromatic N) is 3. The van der Waals surface area contributed by atoms with E-state index < -0.39 is 17.5 Å². The fourth-order valence-corrected chi connectivity index (χ4v) is 2.87. The summed E-state index contributed by atoms with van der Waals surface area (Å²) in [6.07, 6.45) is 0.265. The molecule has 29 heavy (non-hydrogen) atoms. The summed E-state index contributed by atoms with van der Waals surface area (Å²) in [5, 5.41) is 10.4. The van der Waals surface area contributed by atoms with Gasteiger partial charge in [0.15, 0.2) is 0 Å². The maximum atomic E-state index is 12.1. The number of rotatable bonds is 4. The SMILES string of the molecule is CCOC(=O)c1nc(OC)cc(-c2cccc(C#CC3(O)CCN(C)C3=O)c2)n1. The first-order valence-corrected chi connectivity index (χ1v) is 9.08. The topological polar surface area (TPSA) is 102 Å². The summed E-state index contributed by atoms with van der Waals surface area (Å²) in [5.41, 5.74) is 0.0531. The minimum Gasteiger partial charge on any atom is -0.481 e. The van der Waals surface area contributed by atoms with Crippen molar-refractivity contribution in [3.8, 4) is 29.0 Å². The van der Waals surface area contributed by atoms with Crippen molar-refractivity contribution in [1.29, 1.82) is 0 Å². The van der Waals surface area contributed by atoms with Gasteiger partial charge >= 0.3 is 5.97 Å². The van der Waals surface area contributed by atoms with Crippen molar-refractivity contribution in [2.24, 2.45) is 0 Å². The first kappa shape index (κ1) is 20.3. The van der Waals surface area contributed by atoms with E-state index >= 15 is 0 Å². The molecule has 1 amide bonds. The third kappa shape index (κ3) is 4.36. The Morgan fingerprint density at radius 3 is 2.79 bits per heavy atom. The van der Waals surface area contributed by atoms with Gasteiger partial charge in [0.1, 0.15) is 0 Å². The van der Waals surface area contributed by atoms with E-state index in [9.17, 15) is 14.7 Å². The molecule has 2 heterocycles. The minimum absolute atomic E-state index is 0.105. The van der Waals surface area contributed by atoms with Gasteiger partial charge in [-0.15, -0.1) is 0 Å². The van der Waals surface area contributed by atoms with Gasteiger partial charge < -0.3 is 19.5 Å². The van der Waals surface area contributed by atoms with Crippen LogP contribution in [0, 0.1) is 11.8 Å². The highest BCUT2D eigenvalue weighted by Crippen LogP contribution is 2.23. The normalized spacial score (nSPS) is 18.2. The van der Waals surface area contributed by atoms with Crippen molar-refractivity contribution in [2.75, 3.05) is 27.3 Å². The number of likely N-dealkylation sites (N-methyl/N-ethyl adjacent to an activating group) is 1. The molecule has 1 aromatic carbocycles. The average Bonchev–Trinajstić information content (AvgIpc) is 3.00. The van der Waals surface area contributed by atoms with Crippen LogP contribution in [-0.4, -0.2) is 64.8 Å². The molecule has 1 aliphatic heterocycles. The number of ether oxygens (including phenoxy) is 2. The molecule has 150 valence electrons. The highest BCUT2D eigenvalue weighted by Gasteiger charge is 2.42. The molecule has 1 atom stereocenters. The Labute approximate surface area is 168 Å². The fraction of sp³-hybridized carbons (Fsp3) is 0.333. The molecule has 3 rings (SSSR count). The van der Waals surface area contributed by atoms with Crippen LogP contribution in [0.5, 0.6) is 5.88 Å². The summed E-state index contributed by atoms with van der Waals surface area (Å²) < 4.78 is 10.1. The van der Waals surface area contributed by atoms with Gasteiger partial charge in [-0.25, -0.2) is 9.78 Å². The van der Waals surface area contributed by atoms with Crippen LogP contribution in [-0.2, 0) is 9.53 Å². The zero-order chi connectivity index (χ0) is 21.0. The Morgan fingerprint density at radius 1 is 1.34 bits per heavy atom. The largest absolute Gasteiger partial charge is 0.481 e. The van der Waals surface area contributed by atoms with Crippen LogP contribution in [0.25, 0.3) is 11.3 Å². The lowest BCUT2D eigenvalue weighted by Crippen LogP contribution is -2.37. The fourth-order valence-electron chi connectivity index (χ4n) is 2.87. The van der Waals surface area contributed by atoms with Crippen LogP contribution in [0.3, 0.4) is 0 Å². The summed E-state index contributed by atoms with van der Waals surface area (Å²) >= 11 is 0. The molecule has 1 aliphatic rings. The Hall–Kier alpha value is -3.44. The molecule has 8 nitrogen and oxygen atoms in total. The molecule has 0 bridgehead atoms. The van der Waals surface area contributed by atoms with Crippen molar-refractivity contribution in [2.45, 2.75) is 18.9 Å². The summed E-state index contributed by atoms with van der Waals surface area (Å²) in [6.45, 7) is 2.36. The van der Waals surface area contributed by atoms with E-state index in [0.29, 0.717) is 23.4 Å². The van der Waals surface area contributed by atoms with E-state index in [1.807, 2.05) is 0 Å². The van der Waals surface area contributed by atoms with E-state index in [0.717, 1.165) is 0 Å². The minimum atomic E-state index is -1.67. The number of methoxy groups -OCH3 is 1. The van der Waals surface area contributed by atoms with Crippen LogP contribution in [0.15, 0.2) is 30.3 Å².